The van der Waals surface area contributed by atoms with E-state index >= 15 is 0 Å². The minimum atomic E-state index is -0.264. The van der Waals surface area contributed by atoms with Crippen molar-refractivity contribution in [2.24, 2.45) is 5.92 Å². The van der Waals surface area contributed by atoms with E-state index in [1.54, 1.807) is 42.5 Å². The summed E-state index contributed by atoms with van der Waals surface area (Å²) in [6.45, 7) is 3.65. The van der Waals surface area contributed by atoms with Crippen LogP contribution in [0.25, 0.3) is 0 Å². The van der Waals surface area contributed by atoms with E-state index in [1.807, 2.05) is 13.8 Å². The Kier molecular flexibility index (Phi) is 6.00. The first kappa shape index (κ1) is 18.3. The third-order valence-corrected chi connectivity index (χ3v) is 3.58. The van der Waals surface area contributed by atoms with Crippen molar-refractivity contribution in [1.82, 2.24) is 0 Å². The zero-order valence-corrected chi connectivity index (χ0v) is 14.8. The molecular weight excluding hydrogens is 320 g/mol. The second-order valence-corrected chi connectivity index (χ2v) is 5.75. The number of hydrogen-bond donors (Lipinski definition) is 2. The summed E-state index contributed by atoms with van der Waals surface area (Å²) in [6, 6.07) is 11.9. The maximum Gasteiger partial charge on any atom is 0.255 e. The number of anilines is 2. The smallest absolute Gasteiger partial charge is 0.255 e. The van der Waals surface area contributed by atoms with Gasteiger partial charge >= 0.3 is 0 Å². The van der Waals surface area contributed by atoms with Gasteiger partial charge in [-0.2, -0.15) is 0 Å². The largest absolute Gasteiger partial charge is 0.493 e. The highest BCUT2D eigenvalue weighted by Crippen LogP contribution is 2.28. The molecule has 25 heavy (non-hydrogen) atoms. The zero-order valence-electron chi connectivity index (χ0n) is 14.8. The standard InChI is InChI=1S/C19H22N2O4/c1-12(2)18(22)20-14-6-8-15(9-7-14)21-19(23)13-5-10-16(24-3)17(11-13)25-4/h5-12H,1-4H3,(H,20,22)(H,21,23). The van der Waals surface area contributed by atoms with E-state index in [2.05, 4.69) is 10.6 Å². The number of rotatable bonds is 6. The minimum Gasteiger partial charge on any atom is -0.493 e. The van der Waals surface area contributed by atoms with Crippen LogP contribution in [0.4, 0.5) is 11.4 Å². The molecule has 0 aliphatic carbocycles. The Balaban J connectivity index is 2.06. The van der Waals surface area contributed by atoms with Gasteiger partial charge in [0.2, 0.25) is 5.91 Å². The van der Waals surface area contributed by atoms with E-state index in [-0.39, 0.29) is 17.7 Å². The Labute approximate surface area is 147 Å². The Bertz CT molecular complexity index is 755. The van der Waals surface area contributed by atoms with E-state index in [0.717, 1.165) is 0 Å². The quantitative estimate of drug-likeness (QED) is 0.842. The highest BCUT2D eigenvalue weighted by molar-refractivity contribution is 6.04. The van der Waals surface area contributed by atoms with Gasteiger partial charge in [-0.3, -0.25) is 9.59 Å². The SMILES string of the molecule is COc1ccc(C(=O)Nc2ccc(NC(=O)C(C)C)cc2)cc1OC. The van der Waals surface area contributed by atoms with Gasteiger partial charge in [-0.1, -0.05) is 13.8 Å². The third kappa shape index (κ3) is 4.73. The van der Waals surface area contributed by atoms with E-state index in [1.165, 1.54) is 14.2 Å². The molecule has 6 heteroatoms. The lowest BCUT2D eigenvalue weighted by molar-refractivity contribution is -0.118. The first-order valence-corrected chi connectivity index (χ1v) is 7.89. The van der Waals surface area contributed by atoms with Crippen LogP contribution in [-0.2, 0) is 4.79 Å². The van der Waals surface area contributed by atoms with Crippen molar-refractivity contribution in [3.8, 4) is 11.5 Å². The fourth-order valence-electron chi connectivity index (χ4n) is 2.10. The van der Waals surface area contributed by atoms with Gasteiger partial charge in [0.15, 0.2) is 11.5 Å². The fraction of sp³-hybridized carbons (Fsp3) is 0.263. The predicted octanol–water partition coefficient (Wildman–Crippen LogP) is 3.55. The van der Waals surface area contributed by atoms with Crippen LogP contribution in [-0.4, -0.2) is 26.0 Å². The number of nitrogens with one attached hydrogen (secondary N) is 2. The van der Waals surface area contributed by atoms with Crippen molar-refractivity contribution < 1.29 is 19.1 Å². The summed E-state index contributed by atoms with van der Waals surface area (Å²) in [4.78, 5) is 24.0. The normalized spacial score (nSPS) is 10.3. The Hall–Kier alpha value is -3.02. The first-order chi connectivity index (χ1) is 11.9. The lowest BCUT2D eigenvalue weighted by Gasteiger charge is -2.11. The van der Waals surface area contributed by atoms with E-state index in [4.69, 9.17) is 9.47 Å². The van der Waals surface area contributed by atoms with Gasteiger partial charge < -0.3 is 20.1 Å². The number of methoxy groups -OCH3 is 2. The van der Waals surface area contributed by atoms with E-state index in [9.17, 15) is 9.59 Å². The summed E-state index contributed by atoms with van der Waals surface area (Å²) in [7, 11) is 3.06. The summed E-state index contributed by atoms with van der Waals surface area (Å²) in [5.74, 6) is 0.637. The number of ether oxygens (including phenoxy) is 2. The molecule has 2 amide bonds. The van der Waals surface area contributed by atoms with Crippen molar-refractivity contribution >= 4 is 23.2 Å². The lowest BCUT2D eigenvalue weighted by Crippen LogP contribution is -2.17. The summed E-state index contributed by atoms with van der Waals surface area (Å²) in [5.41, 5.74) is 1.76. The van der Waals surface area contributed by atoms with Crippen molar-refractivity contribution in [1.29, 1.82) is 0 Å². The predicted molar refractivity (Wildman–Crippen MR) is 97.4 cm³/mol. The number of hydrogen-bond acceptors (Lipinski definition) is 4. The monoisotopic (exact) mass is 342 g/mol. The molecule has 0 radical (unpaired) electrons. The molecule has 0 saturated carbocycles. The van der Waals surface area contributed by atoms with Gasteiger partial charge in [0.25, 0.3) is 5.91 Å². The van der Waals surface area contributed by atoms with Crippen LogP contribution in [0.15, 0.2) is 42.5 Å². The molecule has 0 spiro atoms. The fourth-order valence-corrected chi connectivity index (χ4v) is 2.10. The van der Waals surface area contributed by atoms with Gasteiger partial charge in [-0.15, -0.1) is 0 Å². The van der Waals surface area contributed by atoms with Gasteiger partial charge in [-0.05, 0) is 42.5 Å². The molecule has 0 heterocycles. The molecule has 0 aliphatic heterocycles. The van der Waals surface area contributed by atoms with Gasteiger partial charge in [0.05, 0.1) is 14.2 Å². The molecule has 0 atom stereocenters. The molecule has 0 fully saturated rings. The summed E-state index contributed by atoms with van der Waals surface area (Å²) in [5, 5.41) is 5.60. The van der Waals surface area contributed by atoms with Crippen LogP contribution in [0.3, 0.4) is 0 Å². The van der Waals surface area contributed by atoms with E-state index < -0.39 is 0 Å². The molecule has 2 aromatic rings. The van der Waals surface area contributed by atoms with Gasteiger partial charge in [-0.25, -0.2) is 0 Å². The molecule has 2 rings (SSSR count). The van der Waals surface area contributed by atoms with Crippen LogP contribution >= 0.6 is 0 Å². The summed E-state index contributed by atoms with van der Waals surface area (Å²) in [6.07, 6.45) is 0. The van der Waals surface area contributed by atoms with Crippen LogP contribution in [0, 0.1) is 5.92 Å². The second-order valence-electron chi connectivity index (χ2n) is 5.75. The van der Waals surface area contributed by atoms with Crippen molar-refractivity contribution in [3.05, 3.63) is 48.0 Å². The Morgan fingerprint density at radius 1 is 0.840 bits per heavy atom. The number of amides is 2. The molecule has 132 valence electrons. The van der Waals surface area contributed by atoms with Crippen molar-refractivity contribution in [2.75, 3.05) is 24.9 Å². The maximum atomic E-state index is 12.4. The second kappa shape index (κ2) is 8.19. The summed E-state index contributed by atoms with van der Waals surface area (Å²) < 4.78 is 10.4. The molecular formula is C19H22N2O4. The average molecular weight is 342 g/mol. The molecule has 0 bridgehead atoms. The Morgan fingerprint density at radius 2 is 1.40 bits per heavy atom. The van der Waals surface area contributed by atoms with Crippen LogP contribution < -0.4 is 20.1 Å². The number of carbonyl (C=O) groups is 2. The molecule has 0 aromatic heterocycles. The van der Waals surface area contributed by atoms with Crippen molar-refractivity contribution in [2.45, 2.75) is 13.8 Å². The van der Waals surface area contributed by atoms with Crippen LogP contribution in [0.5, 0.6) is 11.5 Å². The third-order valence-electron chi connectivity index (χ3n) is 3.58. The van der Waals surface area contributed by atoms with Gasteiger partial charge in [0, 0.05) is 22.9 Å². The Morgan fingerprint density at radius 3 is 1.92 bits per heavy atom. The number of benzene rings is 2. The average Bonchev–Trinajstić information content (AvgIpc) is 2.62. The highest BCUT2D eigenvalue weighted by Gasteiger charge is 2.11. The zero-order chi connectivity index (χ0) is 18.4. The molecule has 2 aromatic carbocycles. The van der Waals surface area contributed by atoms with Crippen LogP contribution in [0.1, 0.15) is 24.2 Å². The highest BCUT2D eigenvalue weighted by atomic mass is 16.5. The maximum absolute atomic E-state index is 12.4. The molecule has 2 N–H and O–H groups in total. The molecule has 0 saturated heterocycles. The van der Waals surface area contributed by atoms with Crippen molar-refractivity contribution in [3.63, 3.8) is 0 Å². The topological polar surface area (TPSA) is 76.7 Å². The van der Waals surface area contributed by atoms with Gasteiger partial charge in [0.1, 0.15) is 0 Å². The summed E-state index contributed by atoms with van der Waals surface area (Å²) >= 11 is 0. The number of carbonyl (C=O) groups excluding carboxylic acids is 2. The van der Waals surface area contributed by atoms with Crippen LogP contribution in [0.2, 0.25) is 0 Å². The van der Waals surface area contributed by atoms with E-state index in [0.29, 0.717) is 28.4 Å². The minimum absolute atomic E-state index is 0.0536. The molecule has 0 aliphatic rings. The lowest BCUT2D eigenvalue weighted by atomic mass is 10.1. The molecule has 6 nitrogen and oxygen atoms in total. The first-order valence-electron chi connectivity index (χ1n) is 7.89. The molecule has 0 unspecified atom stereocenters.